The summed E-state index contributed by atoms with van der Waals surface area (Å²) in [4.78, 5) is 3.88. The summed E-state index contributed by atoms with van der Waals surface area (Å²) in [5.74, 6) is 0.124. The van der Waals surface area contributed by atoms with Crippen LogP contribution in [-0.2, 0) is 0 Å². The number of phenolic OH excluding ortho intramolecular Hbond substituents is 1. The van der Waals surface area contributed by atoms with Crippen molar-refractivity contribution in [3.8, 4) is 5.75 Å². The summed E-state index contributed by atoms with van der Waals surface area (Å²) in [7, 11) is 0. The fourth-order valence-electron chi connectivity index (χ4n) is 1.28. The lowest BCUT2D eigenvalue weighted by molar-refractivity contribution is 0.482. The van der Waals surface area contributed by atoms with E-state index in [1.807, 2.05) is 0 Å². The van der Waals surface area contributed by atoms with Crippen molar-refractivity contribution in [2.24, 2.45) is 0 Å². The standard InChI is InChI=1S/C9H7ClN2O/c10-9-5-2-1-3-7(13)8(5)6(11)4-12-9/h1-4,13H,11H2. The number of hydrogen-bond donors (Lipinski definition) is 2. The number of nitrogen functional groups attached to an aromatic ring is 1. The van der Waals surface area contributed by atoms with Crippen LogP contribution < -0.4 is 5.73 Å². The van der Waals surface area contributed by atoms with Crippen LogP contribution in [-0.4, -0.2) is 10.1 Å². The first kappa shape index (κ1) is 8.13. The normalized spacial score (nSPS) is 10.5. The number of benzene rings is 1. The molecule has 1 aromatic heterocycles. The lowest BCUT2D eigenvalue weighted by Gasteiger charge is -2.04. The predicted molar refractivity (Wildman–Crippen MR) is 52.8 cm³/mol. The molecule has 0 aliphatic carbocycles. The number of hydrogen-bond acceptors (Lipinski definition) is 3. The first-order valence-corrected chi connectivity index (χ1v) is 4.09. The molecule has 0 saturated heterocycles. The first-order valence-electron chi connectivity index (χ1n) is 3.72. The van der Waals surface area contributed by atoms with Crippen LogP contribution in [0, 0.1) is 0 Å². The van der Waals surface area contributed by atoms with Crippen LogP contribution in [0.1, 0.15) is 0 Å². The lowest BCUT2D eigenvalue weighted by atomic mass is 10.1. The summed E-state index contributed by atoms with van der Waals surface area (Å²) in [5, 5.41) is 11.1. The Morgan fingerprint density at radius 2 is 2.15 bits per heavy atom. The Morgan fingerprint density at radius 3 is 2.85 bits per heavy atom. The molecule has 0 amide bonds. The molecule has 1 heterocycles. The van der Waals surface area contributed by atoms with Crippen LogP contribution in [0.3, 0.4) is 0 Å². The predicted octanol–water partition coefficient (Wildman–Crippen LogP) is 2.18. The fraction of sp³-hybridized carbons (Fsp3) is 0. The molecule has 66 valence electrons. The maximum Gasteiger partial charge on any atom is 0.137 e. The highest BCUT2D eigenvalue weighted by molar-refractivity contribution is 6.34. The van der Waals surface area contributed by atoms with Gasteiger partial charge in [0.25, 0.3) is 0 Å². The fourth-order valence-corrected chi connectivity index (χ4v) is 1.48. The number of aromatic nitrogens is 1. The van der Waals surface area contributed by atoms with Gasteiger partial charge < -0.3 is 10.8 Å². The largest absolute Gasteiger partial charge is 0.507 e. The van der Waals surface area contributed by atoms with Gasteiger partial charge in [-0.25, -0.2) is 4.98 Å². The topological polar surface area (TPSA) is 59.1 Å². The molecule has 0 saturated carbocycles. The maximum absolute atomic E-state index is 9.51. The molecule has 3 nitrogen and oxygen atoms in total. The van der Waals surface area contributed by atoms with E-state index in [1.165, 1.54) is 6.20 Å². The Labute approximate surface area is 79.8 Å². The smallest absolute Gasteiger partial charge is 0.137 e. The molecule has 4 heteroatoms. The van der Waals surface area contributed by atoms with Crippen LogP contribution in [0.4, 0.5) is 5.69 Å². The molecule has 0 unspecified atom stereocenters. The molecule has 1 aromatic carbocycles. The quantitative estimate of drug-likeness (QED) is 0.632. The number of fused-ring (bicyclic) bond motifs is 1. The number of pyridine rings is 1. The summed E-state index contributed by atoms with van der Waals surface area (Å²) in [5.41, 5.74) is 6.07. The van der Waals surface area contributed by atoms with Crippen molar-refractivity contribution in [1.82, 2.24) is 4.98 Å². The zero-order chi connectivity index (χ0) is 9.42. The summed E-state index contributed by atoms with van der Waals surface area (Å²) in [6, 6.07) is 5.03. The Morgan fingerprint density at radius 1 is 1.38 bits per heavy atom. The van der Waals surface area contributed by atoms with E-state index in [0.717, 1.165) is 0 Å². The number of rotatable bonds is 0. The van der Waals surface area contributed by atoms with E-state index in [1.54, 1.807) is 18.2 Å². The Bertz CT molecular complexity index is 462. The van der Waals surface area contributed by atoms with Gasteiger partial charge in [0.1, 0.15) is 10.9 Å². The molecule has 0 radical (unpaired) electrons. The van der Waals surface area contributed by atoms with Gasteiger partial charge in [-0.15, -0.1) is 0 Å². The molecule has 0 atom stereocenters. The number of nitrogens with zero attached hydrogens (tertiary/aromatic N) is 1. The van der Waals surface area contributed by atoms with Crippen LogP contribution in [0.15, 0.2) is 24.4 Å². The molecule has 0 fully saturated rings. The number of phenols is 1. The molecule has 2 rings (SSSR count). The molecule has 13 heavy (non-hydrogen) atoms. The maximum atomic E-state index is 9.51. The average Bonchev–Trinajstić information content (AvgIpc) is 2.12. The molecule has 2 aromatic rings. The van der Waals surface area contributed by atoms with Crippen molar-refractivity contribution >= 4 is 28.1 Å². The second-order valence-electron chi connectivity index (χ2n) is 2.70. The van der Waals surface area contributed by atoms with Gasteiger partial charge in [-0.05, 0) is 6.07 Å². The minimum atomic E-state index is 0.124. The van der Waals surface area contributed by atoms with Crippen LogP contribution in [0.5, 0.6) is 5.75 Å². The summed E-state index contributed by atoms with van der Waals surface area (Å²) >= 11 is 5.82. The van der Waals surface area contributed by atoms with Crippen molar-refractivity contribution in [2.45, 2.75) is 0 Å². The SMILES string of the molecule is Nc1cnc(Cl)c2cccc(O)c12. The van der Waals surface area contributed by atoms with E-state index in [9.17, 15) is 5.11 Å². The van der Waals surface area contributed by atoms with Gasteiger partial charge in [-0.2, -0.15) is 0 Å². The first-order chi connectivity index (χ1) is 6.20. The molecule has 0 aliphatic heterocycles. The zero-order valence-electron chi connectivity index (χ0n) is 6.66. The monoisotopic (exact) mass is 194 g/mol. The van der Waals surface area contributed by atoms with Gasteiger partial charge in [-0.3, -0.25) is 0 Å². The van der Waals surface area contributed by atoms with E-state index in [0.29, 0.717) is 21.6 Å². The van der Waals surface area contributed by atoms with Crippen LogP contribution in [0.25, 0.3) is 10.8 Å². The minimum Gasteiger partial charge on any atom is -0.507 e. The van der Waals surface area contributed by atoms with Crippen molar-refractivity contribution in [3.05, 3.63) is 29.5 Å². The van der Waals surface area contributed by atoms with E-state index in [2.05, 4.69) is 4.98 Å². The molecule has 0 bridgehead atoms. The molecule has 0 spiro atoms. The van der Waals surface area contributed by atoms with Gasteiger partial charge in [0.05, 0.1) is 17.3 Å². The van der Waals surface area contributed by atoms with E-state index in [-0.39, 0.29) is 5.75 Å². The third kappa shape index (κ3) is 1.17. The molecular formula is C9H7ClN2O. The summed E-state index contributed by atoms with van der Waals surface area (Å²) < 4.78 is 0. The molecule has 3 N–H and O–H groups in total. The van der Waals surface area contributed by atoms with E-state index < -0.39 is 0 Å². The minimum absolute atomic E-state index is 0.124. The second kappa shape index (κ2) is 2.78. The number of anilines is 1. The molecule has 0 aliphatic rings. The highest BCUT2D eigenvalue weighted by atomic mass is 35.5. The van der Waals surface area contributed by atoms with E-state index in [4.69, 9.17) is 17.3 Å². The Hall–Kier alpha value is -1.48. The average molecular weight is 195 g/mol. The van der Waals surface area contributed by atoms with Crippen molar-refractivity contribution < 1.29 is 5.11 Å². The third-order valence-corrected chi connectivity index (χ3v) is 2.17. The summed E-state index contributed by atoms with van der Waals surface area (Å²) in [6.07, 6.45) is 1.43. The highest BCUT2D eigenvalue weighted by Crippen LogP contribution is 2.32. The molecular weight excluding hydrogens is 188 g/mol. The lowest BCUT2D eigenvalue weighted by Crippen LogP contribution is -1.89. The number of aromatic hydroxyl groups is 1. The Balaban J connectivity index is 3.00. The van der Waals surface area contributed by atoms with Gasteiger partial charge in [0, 0.05) is 5.39 Å². The highest BCUT2D eigenvalue weighted by Gasteiger charge is 2.06. The summed E-state index contributed by atoms with van der Waals surface area (Å²) in [6.45, 7) is 0. The van der Waals surface area contributed by atoms with Crippen LogP contribution >= 0.6 is 11.6 Å². The van der Waals surface area contributed by atoms with Crippen molar-refractivity contribution in [3.63, 3.8) is 0 Å². The van der Waals surface area contributed by atoms with Gasteiger partial charge >= 0.3 is 0 Å². The third-order valence-electron chi connectivity index (χ3n) is 1.87. The van der Waals surface area contributed by atoms with Gasteiger partial charge in [-0.1, -0.05) is 23.7 Å². The van der Waals surface area contributed by atoms with Crippen molar-refractivity contribution in [2.75, 3.05) is 5.73 Å². The number of nitrogens with two attached hydrogens (primary N) is 1. The van der Waals surface area contributed by atoms with Gasteiger partial charge in [0.2, 0.25) is 0 Å². The van der Waals surface area contributed by atoms with Gasteiger partial charge in [0.15, 0.2) is 0 Å². The van der Waals surface area contributed by atoms with Crippen LogP contribution in [0.2, 0.25) is 5.15 Å². The Kier molecular flexibility index (Phi) is 1.74. The zero-order valence-corrected chi connectivity index (χ0v) is 7.42. The van der Waals surface area contributed by atoms with E-state index >= 15 is 0 Å². The number of halogens is 1. The van der Waals surface area contributed by atoms with Crippen molar-refractivity contribution in [1.29, 1.82) is 0 Å². The second-order valence-corrected chi connectivity index (χ2v) is 3.06.